The third-order valence-electron chi connectivity index (χ3n) is 1.49. The maximum absolute atomic E-state index is 11.2. The van der Waals surface area contributed by atoms with Gasteiger partial charge in [0.05, 0.1) is 4.90 Å². The third kappa shape index (κ3) is 1.20. The van der Waals surface area contributed by atoms with E-state index in [0.29, 0.717) is 15.5 Å². The fraction of sp³-hybridized carbons (Fsp3) is 0. The van der Waals surface area contributed by atoms with Crippen molar-refractivity contribution >= 4 is 37.3 Å². The van der Waals surface area contributed by atoms with Crippen molar-refractivity contribution in [3.05, 3.63) is 28.8 Å². The predicted octanol–water partition coefficient (Wildman–Crippen LogP) is 2.25. The lowest BCUT2D eigenvalue weighted by atomic mass is 10.2. The highest BCUT2D eigenvalue weighted by molar-refractivity contribution is 8.76. The van der Waals surface area contributed by atoms with E-state index in [4.69, 9.17) is 11.6 Å². The van der Waals surface area contributed by atoms with E-state index in [1.54, 1.807) is 18.2 Å². The number of hydrogen-bond donors (Lipinski definition) is 0. The minimum atomic E-state index is -1.23. The van der Waals surface area contributed by atoms with Gasteiger partial charge in [0.2, 0.25) is 5.12 Å². The Bertz CT molecular complexity index is 389. The van der Waals surface area contributed by atoms with Crippen LogP contribution in [0.4, 0.5) is 0 Å². The van der Waals surface area contributed by atoms with Gasteiger partial charge < -0.3 is 0 Å². The van der Waals surface area contributed by atoms with Gasteiger partial charge in [0.25, 0.3) is 0 Å². The number of carbonyl (C=O) groups is 1. The summed E-state index contributed by atoms with van der Waals surface area (Å²) in [7, 11) is -0.395. The van der Waals surface area contributed by atoms with Gasteiger partial charge in [-0.2, -0.15) is 0 Å². The summed E-state index contributed by atoms with van der Waals surface area (Å²) in [6.45, 7) is 0. The summed E-state index contributed by atoms with van der Waals surface area (Å²) in [5.41, 5.74) is 0.478. The van der Waals surface area contributed by atoms with Crippen LogP contribution in [-0.2, 0) is 9.83 Å². The zero-order chi connectivity index (χ0) is 8.72. The molecule has 1 aliphatic rings. The van der Waals surface area contributed by atoms with Crippen molar-refractivity contribution in [3.8, 4) is 0 Å². The van der Waals surface area contributed by atoms with Crippen molar-refractivity contribution in [1.82, 2.24) is 0 Å². The van der Waals surface area contributed by atoms with Crippen LogP contribution >= 0.6 is 22.4 Å². The maximum Gasteiger partial charge on any atom is 0.233 e. The quantitative estimate of drug-likeness (QED) is 0.627. The van der Waals surface area contributed by atoms with Crippen LogP contribution in [0.1, 0.15) is 10.4 Å². The van der Waals surface area contributed by atoms with Gasteiger partial charge in [0.15, 0.2) is 0 Å². The Balaban J connectivity index is 2.68. The third-order valence-corrected chi connectivity index (χ3v) is 4.41. The molecule has 1 aliphatic heterocycles. The molecule has 2 rings (SSSR count). The van der Waals surface area contributed by atoms with E-state index in [9.17, 15) is 9.00 Å². The van der Waals surface area contributed by atoms with Crippen molar-refractivity contribution in [3.63, 3.8) is 0 Å². The fourth-order valence-electron chi connectivity index (χ4n) is 0.966. The van der Waals surface area contributed by atoms with Gasteiger partial charge in [-0.25, -0.2) is 4.21 Å². The lowest BCUT2D eigenvalue weighted by Gasteiger charge is -1.93. The molecular weight excluding hydrogens is 216 g/mol. The molecule has 0 radical (unpaired) electrons. The Morgan fingerprint density at radius 3 is 2.92 bits per heavy atom. The average Bonchev–Trinajstić information content (AvgIpc) is 2.28. The van der Waals surface area contributed by atoms with Crippen LogP contribution in [0.25, 0.3) is 0 Å². The summed E-state index contributed by atoms with van der Waals surface area (Å²) >= 11 is 5.68. The normalized spacial score (nSPS) is 21.1. The molecule has 0 spiro atoms. The molecule has 2 nitrogen and oxygen atoms in total. The van der Waals surface area contributed by atoms with Gasteiger partial charge in [-0.05, 0) is 18.2 Å². The standard InChI is InChI=1S/C7H3ClO2S2/c8-4-1-2-6-5(3-4)7(9)11-12(6)10/h1-3H. The molecule has 1 unspecified atom stereocenters. The summed E-state index contributed by atoms with van der Waals surface area (Å²) in [5, 5.41) is 0.340. The van der Waals surface area contributed by atoms with E-state index in [-0.39, 0.29) is 5.12 Å². The highest BCUT2D eigenvalue weighted by Crippen LogP contribution is 2.35. The van der Waals surface area contributed by atoms with Gasteiger partial charge >= 0.3 is 0 Å². The number of halogens is 1. The summed E-state index contributed by atoms with van der Waals surface area (Å²) in [6, 6.07) is 4.82. The summed E-state index contributed by atoms with van der Waals surface area (Å²) in [6.07, 6.45) is 0. The maximum atomic E-state index is 11.2. The Kier molecular flexibility index (Phi) is 1.98. The molecular formula is C7H3ClO2S2. The number of hydrogen-bond acceptors (Lipinski definition) is 3. The van der Waals surface area contributed by atoms with Crippen LogP contribution in [0.15, 0.2) is 23.1 Å². The summed E-state index contributed by atoms with van der Waals surface area (Å²) in [5.74, 6) is 0. The zero-order valence-electron chi connectivity index (χ0n) is 5.74. The molecule has 62 valence electrons. The SMILES string of the molecule is O=C1SS(=O)c2ccc(Cl)cc21. The second-order valence-electron chi connectivity index (χ2n) is 2.25. The Hall–Kier alpha value is -0.320. The predicted molar refractivity (Wildman–Crippen MR) is 49.8 cm³/mol. The topological polar surface area (TPSA) is 34.1 Å². The molecule has 0 fully saturated rings. The van der Waals surface area contributed by atoms with Crippen molar-refractivity contribution in [2.75, 3.05) is 0 Å². The molecule has 1 atom stereocenters. The Morgan fingerprint density at radius 2 is 2.17 bits per heavy atom. The van der Waals surface area contributed by atoms with E-state index < -0.39 is 9.83 Å². The first-order chi connectivity index (χ1) is 5.68. The molecule has 0 N–H and O–H groups in total. The van der Waals surface area contributed by atoms with E-state index in [0.717, 1.165) is 10.8 Å². The number of fused-ring (bicyclic) bond motifs is 1. The van der Waals surface area contributed by atoms with E-state index >= 15 is 0 Å². The molecule has 0 bridgehead atoms. The molecule has 0 aromatic heterocycles. The average molecular weight is 219 g/mol. The first-order valence-electron chi connectivity index (χ1n) is 3.12. The molecule has 0 amide bonds. The van der Waals surface area contributed by atoms with Crippen LogP contribution in [-0.4, -0.2) is 9.32 Å². The molecule has 1 aromatic rings. The van der Waals surface area contributed by atoms with Crippen molar-refractivity contribution in [2.24, 2.45) is 0 Å². The van der Waals surface area contributed by atoms with Crippen LogP contribution < -0.4 is 0 Å². The molecule has 0 saturated heterocycles. The number of carbonyl (C=O) groups excluding carboxylic acids is 1. The van der Waals surface area contributed by atoms with Gasteiger partial charge in [-0.3, -0.25) is 4.79 Å². The summed E-state index contributed by atoms with van der Waals surface area (Å²) < 4.78 is 11.2. The van der Waals surface area contributed by atoms with Crippen molar-refractivity contribution in [2.45, 2.75) is 4.90 Å². The van der Waals surface area contributed by atoms with Crippen LogP contribution in [0, 0.1) is 0 Å². The highest BCUT2D eigenvalue weighted by Gasteiger charge is 2.27. The molecule has 0 aliphatic carbocycles. The fourth-order valence-corrected chi connectivity index (χ4v) is 3.59. The van der Waals surface area contributed by atoms with Gasteiger partial charge in [-0.15, -0.1) is 0 Å². The monoisotopic (exact) mass is 218 g/mol. The minimum absolute atomic E-state index is 0.161. The van der Waals surface area contributed by atoms with E-state index in [1.165, 1.54) is 0 Å². The van der Waals surface area contributed by atoms with Gasteiger partial charge in [-0.1, -0.05) is 11.6 Å². The first-order valence-corrected chi connectivity index (χ1v) is 5.98. The van der Waals surface area contributed by atoms with Crippen LogP contribution in [0.3, 0.4) is 0 Å². The Morgan fingerprint density at radius 1 is 1.42 bits per heavy atom. The van der Waals surface area contributed by atoms with E-state index in [2.05, 4.69) is 0 Å². The highest BCUT2D eigenvalue weighted by atomic mass is 35.5. The first kappa shape index (κ1) is 8.29. The van der Waals surface area contributed by atoms with Gasteiger partial charge in [0, 0.05) is 21.4 Å². The number of rotatable bonds is 0. The zero-order valence-corrected chi connectivity index (χ0v) is 8.13. The Labute approximate surface area is 80.2 Å². The largest absolute Gasteiger partial charge is 0.280 e. The number of benzene rings is 1. The molecule has 1 heterocycles. The second kappa shape index (κ2) is 2.87. The van der Waals surface area contributed by atoms with Crippen LogP contribution in [0.5, 0.6) is 0 Å². The van der Waals surface area contributed by atoms with Crippen LogP contribution in [0.2, 0.25) is 5.02 Å². The second-order valence-corrected chi connectivity index (χ2v) is 5.54. The minimum Gasteiger partial charge on any atom is -0.280 e. The molecule has 12 heavy (non-hydrogen) atoms. The molecule has 1 aromatic carbocycles. The molecule has 5 heteroatoms. The smallest absolute Gasteiger partial charge is 0.233 e. The lowest BCUT2D eigenvalue weighted by Crippen LogP contribution is -1.86. The lowest BCUT2D eigenvalue weighted by molar-refractivity contribution is 0.108. The summed E-state index contributed by atoms with van der Waals surface area (Å²) in [4.78, 5) is 11.7. The van der Waals surface area contributed by atoms with E-state index in [1.807, 2.05) is 0 Å². The van der Waals surface area contributed by atoms with Crippen molar-refractivity contribution < 1.29 is 9.00 Å². The molecule has 0 saturated carbocycles. The van der Waals surface area contributed by atoms with Crippen molar-refractivity contribution in [1.29, 1.82) is 0 Å². The van der Waals surface area contributed by atoms with Gasteiger partial charge in [0.1, 0.15) is 9.83 Å².